The summed E-state index contributed by atoms with van der Waals surface area (Å²) in [7, 11) is 0. The predicted molar refractivity (Wildman–Crippen MR) is 105 cm³/mol. The lowest BCUT2D eigenvalue weighted by atomic mass is 10.2. The molecule has 0 unspecified atom stereocenters. The summed E-state index contributed by atoms with van der Waals surface area (Å²) in [6.45, 7) is 9.61. The van der Waals surface area contributed by atoms with Crippen LogP contribution in [0.3, 0.4) is 0 Å². The van der Waals surface area contributed by atoms with E-state index in [-0.39, 0.29) is 6.03 Å². The van der Waals surface area contributed by atoms with E-state index in [1.165, 1.54) is 0 Å². The Morgan fingerprint density at radius 1 is 1.12 bits per heavy atom. The molecular weight excluding hydrogens is 328 g/mol. The molecule has 2 heterocycles. The number of hydrogen-bond donors (Lipinski definition) is 2. The second-order valence-corrected chi connectivity index (χ2v) is 6.46. The average molecular weight is 354 g/mol. The molecule has 2 N–H and O–H groups in total. The third kappa shape index (κ3) is 4.41. The van der Waals surface area contributed by atoms with Crippen molar-refractivity contribution < 1.29 is 4.79 Å². The van der Waals surface area contributed by atoms with Crippen molar-refractivity contribution >= 4 is 23.4 Å². The van der Waals surface area contributed by atoms with Gasteiger partial charge < -0.3 is 20.4 Å². The number of amides is 2. The molecule has 0 radical (unpaired) electrons. The molecular formula is C19H26N6O. The predicted octanol–water partition coefficient (Wildman–Crippen LogP) is 2.88. The highest BCUT2D eigenvalue weighted by Crippen LogP contribution is 2.18. The van der Waals surface area contributed by atoms with Gasteiger partial charge in [-0.15, -0.1) is 0 Å². The Kier molecular flexibility index (Phi) is 5.55. The third-order valence-electron chi connectivity index (χ3n) is 4.34. The minimum absolute atomic E-state index is 0.0533. The van der Waals surface area contributed by atoms with Gasteiger partial charge in [-0.1, -0.05) is 12.1 Å². The van der Waals surface area contributed by atoms with Crippen molar-refractivity contribution in [2.45, 2.75) is 20.8 Å². The zero-order chi connectivity index (χ0) is 18.5. The monoisotopic (exact) mass is 354 g/mol. The number of carbonyl (C=O) groups is 1. The Labute approximate surface area is 154 Å². The van der Waals surface area contributed by atoms with Crippen molar-refractivity contribution in [1.29, 1.82) is 0 Å². The second kappa shape index (κ2) is 8.03. The van der Waals surface area contributed by atoms with Gasteiger partial charge in [-0.3, -0.25) is 0 Å². The van der Waals surface area contributed by atoms with Crippen LogP contribution in [0.15, 0.2) is 30.3 Å². The molecule has 26 heavy (non-hydrogen) atoms. The second-order valence-electron chi connectivity index (χ2n) is 6.46. The van der Waals surface area contributed by atoms with Gasteiger partial charge in [0.05, 0.1) is 0 Å². The number of aromatic nitrogens is 2. The molecule has 2 aromatic rings. The van der Waals surface area contributed by atoms with E-state index < -0.39 is 0 Å². The van der Waals surface area contributed by atoms with Crippen LogP contribution in [0.2, 0.25) is 0 Å². The van der Waals surface area contributed by atoms with Crippen molar-refractivity contribution in [2.75, 3.05) is 48.3 Å². The Morgan fingerprint density at radius 3 is 2.58 bits per heavy atom. The SMILES string of the molecule is CCNc1cc(N2CCN(C(=O)Nc3cccc(C)c3)CC2)nc(C)n1. The van der Waals surface area contributed by atoms with Crippen molar-refractivity contribution in [3.63, 3.8) is 0 Å². The summed E-state index contributed by atoms with van der Waals surface area (Å²) in [6.07, 6.45) is 0. The van der Waals surface area contributed by atoms with Crippen LogP contribution in [0.4, 0.5) is 22.1 Å². The number of carbonyl (C=O) groups excluding carboxylic acids is 1. The molecule has 138 valence electrons. The lowest BCUT2D eigenvalue weighted by Crippen LogP contribution is -2.50. The summed E-state index contributed by atoms with van der Waals surface area (Å²) < 4.78 is 0. The number of anilines is 3. The number of nitrogens with zero attached hydrogens (tertiary/aromatic N) is 4. The molecule has 0 saturated carbocycles. The molecule has 7 nitrogen and oxygen atoms in total. The Hall–Kier alpha value is -2.83. The van der Waals surface area contributed by atoms with Gasteiger partial charge in [-0.05, 0) is 38.5 Å². The molecule has 1 aliphatic rings. The molecule has 3 rings (SSSR count). The molecule has 7 heteroatoms. The number of rotatable bonds is 4. The zero-order valence-electron chi connectivity index (χ0n) is 15.6. The lowest BCUT2D eigenvalue weighted by Gasteiger charge is -2.35. The van der Waals surface area contributed by atoms with E-state index >= 15 is 0 Å². The van der Waals surface area contributed by atoms with Crippen molar-refractivity contribution in [3.05, 3.63) is 41.7 Å². The van der Waals surface area contributed by atoms with Crippen molar-refractivity contribution in [2.24, 2.45) is 0 Å². The fourth-order valence-electron chi connectivity index (χ4n) is 3.05. The smallest absolute Gasteiger partial charge is 0.321 e. The van der Waals surface area contributed by atoms with Gasteiger partial charge in [-0.2, -0.15) is 0 Å². The van der Waals surface area contributed by atoms with E-state index in [9.17, 15) is 4.79 Å². The molecule has 1 saturated heterocycles. The van der Waals surface area contributed by atoms with Crippen molar-refractivity contribution in [1.82, 2.24) is 14.9 Å². The number of nitrogens with one attached hydrogen (secondary N) is 2. The lowest BCUT2D eigenvalue weighted by molar-refractivity contribution is 0.208. The molecule has 0 spiro atoms. The fraction of sp³-hybridized carbons (Fsp3) is 0.421. The van der Waals surface area contributed by atoms with Crippen LogP contribution in [-0.4, -0.2) is 53.6 Å². The minimum atomic E-state index is -0.0533. The molecule has 1 aromatic heterocycles. The summed E-state index contributed by atoms with van der Waals surface area (Å²) in [5.41, 5.74) is 1.96. The topological polar surface area (TPSA) is 73.4 Å². The zero-order valence-corrected chi connectivity index (χ0v) is 15.6. The Morgan fingerprint density at radius 2 is 1.88 bits per heavy atom. The van der Waals surface area contributed by atoms with E-state index in [1.54, 1.807) is 0 Å². The first-order chi connectivity index (χ1) is 12.5. The summed E-state index contributed by atoms with van der Waals surface area (Å²) in [5, 5.41) is 6.21. The van der Waals surface area contributed by atoms with E-state index in [2.05, 4.69) is 25.5 Å². The van der Waals surface area contributed by atoms with Crippen LogP contribution < -0.4 is 15.5 Å². The van der Waals surface area contributed by atoms with Gasteiger partial charge in [0.2, 0.25) is 0 Å². The number of benzene rings is 1. The molecule has 0 aliphatic carbocycles. The van der Waals surface area contributed by atoms with Gasteiger partial charge in [0, 0.05) is 44.5 Å². The molecule has 1 aliphatic heterocycles. The molecule has 0 bridgehead atoms. The Balaban J connectivity index is 1.59. The number of piperazine rings is 1. The molecule has 2 amide bonds. The van der Waals surface area contributed by atoms with E-state index in [4.69, 9.17) is 0 Å². The highest BCUT2D eigenvalue weighted by molar-refractivity contribution is 5.89. The van der Waals surface area contributed by atoms with Crippen molar-refractivity contribution in [3.8, 4) is 0 Å². The maximum absolute atomic E-state index is 12.5. The van der Waals surface area contributed by atoms with E-state index in [0.717, 1.165) is 48.3 Å². The Bertz CT molecular complexity index is 770. The maximum Gasteiger partial charge on any atom is 0.321 e. The molecule has 0 atom stereocenters. The number of aryl methyl sites for hydroxylation is 2. The quantitative estimate of drug-likeness (QED) is 0.883. The fourth-order valence-corrected chi connectivity index (χ4v) is 3.05. The molecule has 1 fully saturated rings. The van der Waals surface area contributed by atoms with Gasteiger partial charge in [0.25, 0.3) is 0 Å². The van der Waals surface area contributed by atoms with Crippen LogP contribution in [0.5, 0.6) is 0 Å². The van der Waals surface area contributed by atoms with Gasteiger partial charge in [-0.25, -0.2) is 14.8 Å². The standard InChI is InChI=1S/C19H26N6O/c1-4-20-17-13-18(22-15(3)21-17)24-8-10-25(11-9-24)19(26)23-16-7-5-6-14(2)12-16/h5-7,12-13H,4,8-11H2,1-3H3,(H,23,26)(H,20,21,22). The normalized spacial score (nSPS) is 14.3. The van der Waals surface area contributed by atoms with Crippen LogP contribution in [0.25, 0.3) is 0 Å². The van der Waals surface area contributed by atoms with E-state index in [1.807, 2.05) is 56.0 Å². The van der Waals surface area contributed by atoms with Crippen LogP contribution in [-0.2, 0) is 0 Å². The average Bonchev–Trinajstić information content (AvgIpc) is 2.62. The van der Waals surface area contributed by atoms with Crippen LogP contribution in [0.1, 0.15) is 18.3 Å². The van der Waals surface area contributed by atoms with Gasteiger partial charge >= 0.3 is 6.03 Å². The largest absolute Gasteiger partial charge is 0.370 e. The summed E-state index contributed by atoms with van der Waals surface area (Å²) in [5.74, 6) is 2.50. The first kappa shape index (κ1) is 18.0. The summed E-state index contributed by atoms with van der Waals surface area (Å²) in [6, 6.07) is 9.76. The maximum atomic E-state index is 12.5. The van der Waals surface area contributed by atoms with Gasteiger partial charge in [0.15, 0.2) is 0 Å². The summed E-state index contributed by atoms with van der Waals surface area (Å²) in [4.78, 5) is 25.5. The highest BCUT2D eigenvalue weighted by atomic mass is 16.2. The minimum Gasteiger partial charge on any atom is -0.370 e. The summed E-state index contributed by atoms with van der Waals surface area (Å²) >= 11 is 0. The van der Waals surface area contributed by atoms with Crippen LogP contribution >= 0.6 is 0 Å². The number of hydrogen-bond acceptors (Lipinski definition) is 5. The highest BCUT2D eigenvalue weighted by Gasteiger charge is 2.22. The van der Waals surface area contributed by atoms with E-state index in [0.29, 0.717) is 13.1 Å². The number of urea groups is 1. The first-order valence-electron chi connectivity index (χ1n) is 9.02. The van der Waals surface area contributed by atoms with Crippen LogP contribution in [0, 0.1) is 13.8 Å². The first-order valence-corrected chi connectivity index (χ1v) is 9.02. The van der Waals surface area contributed by atoms with Gasteiger partial charge in [0.1, 0.15) is 17.5 Å². The third-order valence-corrected chi connectivity index (χ3v) is 4.34. The molecule has 1 aromatic carbocycles.